The van der Waals surface area contributed by atoms with E-state index in [-0.39, 0.29) is 5.56 Å². The van der Waals surface area contributed by atoms with E-state index in [0.29, 0.717) is 0 Å². The lowest BCUT2D eigenvalue weighted by atomic mass is 10.0. The lowest BCUT2D eigenvalue weighted by molar-refractivity contribution is -0.139. The summed E-state index contributed by atoms with van der Waals surface area (Å²) in [6.45, 7) is 0. The van der Waals surface area contributed by atoms with Crippen LogP contribution in [0, 0.1) is 0 Å². The monoisotopic (exact) mass is 243 g/mol. The molecule has 0 fully saturated rings. The molecule has 0 aliphatic rings. The Morgan fingerprint density at radius 3 is 2.24 bits per heavy atom. The minimum Gasteiger partial charge on any atom is -0.481 e. The fourth-order valence-electron chi connectivity index (χ4n) is 1.41. The molecule has 0 unspecified atom stereocenters. The summed E-state index contributed by atoms with van der Waals surface area (Å²) in [5, 5.41) is 8.40. The van der Waals surface area contributed by atoms with Crippen molar-refractivity contribution in [2.24, 2.45) is 0 Å². The van der Waals surface area contributed by atoms with Crippen LogP contribution in [-0.2, 0) is 10.7 Å². The molecular weight excluding hydrogens is 228 g/mol. The third kappa shape index (κ3) is 3.69. The average Bonchev–Trinajstić information content (AvgIpc) is 2.27. The fourth-order valence-corrected chi connectivity index (χ4v) is 1.41. The normalized spacial score (nSPS) is 11.3. The van der Waals surface area contributed by atoms with Gasteiger partial charge in [-0.3, -0.25) is 4.79 Å². The second-order valence-electron chi connectivity index (χ2n) is 4.04. The largest absolute Gasteiger partial charge is 0.481 e. The lowest BCUT2D eigenvalue weighted by Crippen LogP contribution is -2.16. The molecule has 0 amide bonds. The zero-order chi connectivity index (χ0) is 13.1. The summed E-state index contributed by atoms with van der Waals surface area (Å²) in [5.74, 6) is -4.31. The number of hydrogen-bond acceptors (Lipinski definition) is 2. The number of anilines is 1. The number of aliphatic carboxylic acids is 1. The Morgan fingerprint density at radius 1 is 1.29 bits per heavy atom. The molecule has 1 N–H and O–H groups in total. The molecule has 1 rings (SSSR count). The zero-order valence-corrected chi connectivity index (χ0v) is 9.78. The van der Waals surface area contributed by atoms with E-state index in [9.17, 15) is 13.6 Å². The van der Waals surface area contributed by atoms with Crippen LogP contribution in [0.5, 0.6) is 0 Å². The smallest absolute Gasteiger partial charge is 0.303 e. The van der Waals surface area contributed by atoms with Crippen LogP contribution >= 0.6 is 0 Å². The van der Waals surface area contributed by atoms with Gasteiger partial charge >= 0.3 is 5.97 Å². The highest BCUT2D eigenvalue weighted by Crippen LogP contribution is 2.33. The van der Waals surface area contributed by atoms with Gasteiger partial charge in [-0.15, -0.1) is 0 Å². The second-order valence-corrected chi connectivity index (χ2v) is 4.04. The molecule has 0 saturated heterocycles. The standard InChI is InChI=1S/C12H15F2NO2/c1-15(2)10-5-3-9(4-6-10)12(13,14)8-7-11(16)17/h3-6H,7-8H2,1-2H3,(H,16,17). The second kappa shape index (κ2) is 5.12. The number of carboxylic acids is 1. The van der Waals surface area contributed by atoms with Gasteiger partial charge in [-0.1, -0.05) is 12.1 Å². The summed E-state index contributed by atoms with van der Waals surface area (Å²) in [6.07, 6.45) is -1.22. The molecule has 0 aliphatic carbocycles. The van der Waals surface area contributed by atoms with E-state index in [1.807, 2.05) is 14.1 Å². The lowest BCUT2D eigenvalue weighted by Gasteiger charge is -2.18. The quantitative estimate of drug-likeness (QED) is 0.864. The van der Waals surface area contributed by atoms with E-state index in [2.05, 4.69) is 0 Å². The minimum atomic E-state index is -3.09. The number of halogens is 2. The van der Waals surface area contributed by atoms with Crippen molar-refractivity contribution in [3.05, 3.63) is 29.8 Å². The summed E-state index contributed by atoms with van der Waals surface area (Å²) in [5.41, 5.74) is 0.673. The molecule has 0 saturated carbocycles. The van der Waals surface area contributed by atoms with Crippen molar-refractivity contribution in [1.29, 1.82) is 0 Å². The van der Waals surface area contributed by atoms with Gasteiger partial charge < -0.3 is 10.0 Å². The van der Waals surface area contributed by atoms with E-state index in [4.69, 9.17) is 5.11 Å². The predicted octanol–water partition coefficient (Wildman–Crippen LogP) is 2.71. The molecule has 0 bridgehead atoms. The molecule has 1 aromatic carbocycles. The Balaban J connectivity index is 2.80. The van der Waals surface area contributed by atoms with Crippen LogP contribution in [0.2, 0.25) is 0 Å². The van der Waals surface area contributed by atoms with Gasteiger partial charge in [-0.05, 0) is 12.1 Å². The van der Waals surface area contributed by atoms with Crippen molar-refractivity contribution >= 4 is 11.7 Å². The fraction of sp³-hybridized carbons (Fsp3) is 0.417. The van der Waals surface area contributed by atoms with Gasteiger partial charge in [-0.2, -0.15) is 0 Å². The van der Waals surface area contributed by atoms with Crippen molar-refractivity contribution in [2.75, 3.05) is 19.0 Å². The highest BCUT2D eigenvalue weighted by Gasteiger charge is 2.31. The van der Waals surface area contributed by atoms with Gasteiger partial charge in [0.25, 0.3) is 5.92 Å². The molecule has 0 aliphatic heterocycles. The third-order valence-corrected chi connectivity index (χ3v) is 2.46. The predicted molar refractivity (Wildman–Crippen MR) is 61.5 cm³/mol. The molecule has 0 spiro atoms. The van der Waals surface area contributed by atoms with Crippen molar-refractivity contribution in [3.8, 4) is 0 Å². The minimum absolute atomic E-state index is 0.149. The molecule has 0 heterocycles. The van der Waals surface area contributed by atoms with E-state index in [0.717, 1.165) is 5.69 Å². The molecule has 3 nitrogen and oxygen atoms in total. The van der Waals surface area contributed by atoms with Crippen LogP contribution in [0.4, 0.5) is 14.5 Å². The van der Waals surface area contributed by atoms with Crippen molar-refractivity contribution < 1.29 is 18.7 Å². The molecule has 0 radical (unpaired) electrons. The molecule has 17 heavy (non-hydrogen) atoms. The maximum absolute atomic E-state index is 13.6. The highest BCUT2D eigenvalue weighted by molar-refractivity contribution is 5.66. The average molecular weight is 243 g/mol. The van der Waals surface area contributed by atoms with Gasteiger partial charge in [-0.25, -0.2) is 8.78 Å². The number of nitrogens with zero attached hydrogens (tertiary/aromatic N) is 1. The van der Waals surface area contributed by atoms with E-state index in [1.54, 1.807) is 17.0 Å². The van der Waals surface area contributed by atoms with Crippen LogP contribution in [-0.4, -0.2) is 25.2 Å². The van der Waals surface area contributed by atoms with Crippen molar-refractivity contribution in [3.63, 3.8) is 0 Å². The third-order valence-electron chi connectivity index (χ3n) is 2.46. The van der Waals surface area contributed by atoms with Gasteiger partial charge in [0.05, 0.1) is 6.42 Å². The van der Waals surface area contributed by atoms with Crippen LogP contribution in [0.1, 0.15) is 18.4 Å². The number of carbonyl (C=O) groups is 1. The van der Waals surface area contributed by atoms with E-state index >= 15 is 0 Å². The summed E-state index contributed by atoms with van der Waals surface area (Å²) in [7, 11) is 3.63. The zero-order valence-electron chi connectivity index (χ0n) is 9.78. The molecule has 5 heteroatoms. The SMILES string of the molecule is CN(C)c1ccc(C(F)(F)CCC(=O)O)cc1. The summed E-state index contributed by atoms with van der Waals surface area (Å²) in [6, 6.07) is 5.84. The Kier molecular flexibility index (Phi) is 4.04. The van der Waals surface area contributed by atoms with Crippen LogP contribution in [0.3, 0.4) is 0 Å². The first-order chi connectivity index (χ1) is 7.83. The van der Waals surface area contributed by atoms with Gasteiger partial charge in [0.1, 0.15) is 0 Å². The van der Waals surface area contributed by atoms with E-state index < -0.39 is 24.7 Å². The highest BCUT2D eigenvalue weighted by atomic mass is 19.3. The van der Waals surface area contributed by atoms with Gasteiger partial charge in [0.2, 0.25) is 0 Å². The number of carboxylic acid groups (broad SMARTS) is 1. The number of alkyl halides is 2. The Morgan fingerprint density at radius 2 is 1.82 bits per heavy atom. The molecule has 94 valence electrons. The topological polar surface area (TPSA) is 40.5 Å². The molecule has 1 aromatic rings. The van der Waals surface area contributed by atoms with Crippen molar-refractivity contribution in [1.82, 2.24) is 0 Å². The Hall–Kier alpha value is -1.65. The maximum Gasteiger partial charge on any atom is 0.303 e. The van der Waals surface area contributed by atoms with Crippen LogP contribution < -0.4 is 4.90 Å². The maximum atomic E-state index is 13.6. The van der Waals surface area contributed by atoms with Gasteiger partial charge in [0.15, 0.2) is 0 Å². The first-order valence-electron chi connectivity index (χ1n) is 5.20. The molecule has 0 atom stereocenters. The number of hydrogen-bond donors (Lipinski definition) is 1. The van der Waals surface area contributed by atoms with E-state index in [1.165, 1.54) is 12.1 Å². The Labute approximate surface area is 98.7 Å². The van der Waals surface area contributed by atoms with Gasteiger partial charge in [0, 0.05) is 31.8 Å². The van der Waals surface area contributed by atoms with Crippen molar-refractivity contribution in [2.45, 2.75) is 18.8 Å². The summed E-state index contributed by atoms with van der Waals surface area (Å²) >= 11 is 0. The summed E-state index contributed by atoms with van der Waals surface area (Å²) in [4.78, 5) is 12.1. The molecular formula is C12H15F2NO2. The number of rotatable bonds is 5. The Bertz CT molecular complexity index is 388. The van der Waals surface area contributed by atoms with Crippen LogP contribution in [0.25, 0.3) is 0 Å². The first kappa shape index (κ1) is 13.4. The van der Waals surface area contributed by atoms with Crippen LogP contribution in [0.15, 0.2) is 24.3 Å². The first-order valence-corrected chi connectivity index (χ1v) is 5.20. The summed E-state index contributed by atoms with van der Waals surface area (Å²) < 4.78 is 27.1. The molecule has 0 aromatic heterocycles. The number of benzene rings is 1.